The lowest BCUT2D eigenvalue weighted by Gasteiger charge is -2.04. The molecule has 0 aliphatic rings. The number of nitrogens with two attached hydrogens (primary N) is 2. The average Bonchev–Trinajstić information content (AvgIpc) is 2.08. The Hall–Kier alpha value is -1.84. The van der Waals surface area contributed by atoms with Crippen LogP contribution in [0, 0.1) is 0 Å². The average molecular weight is 162 g/mol. The molecule has 0 aromatic heterocycles. The van der Waals surface area contributed by atoms with Crippen LogP contribution in [0.2, 0.25) is 0 Å². The second-order valence-corrected chi connectivity index (χ2v) is 2.65. The van der Waals surface area contributed by atoms with E-state index < -0.39 is 10.9 Å². The molecule has 0 unspecified atom stereocenters. The smallest absolute Gasteiger partial charge is 0.236 e. The second kappa shape index (κ2) is 1.85. The van der Waals surface area contributed by atoms with Crippen molar-refractivity contribution in [2.75, 3.05) is 11.5 Å². The summed E-state index contributed by atoms with van der Waals surface area (Å²) in [5.74, 6) is 0. The Morgan fingerprint density at radius 3 is 2.33 bits per heavy atom. The standard InChI is InChI=1S/C8H6N2O2/c9-4-2-1-3-5(6(4)10)8(12)7(3)11/h1-2H,9-10H2. The van der Waals surface area contributed by atoms with Gasteiger partial charge in [-0.25, -0.2) is 0 Å². The Balaban J connectivity index is 3.05. The van der Waals surface area contributed by atoms with Crippen LogP contribution in [-0.2, 0) is 0 Å². The molecule has 2 rings (SSSR count). The van der Waals surface area contributed by atoms with E-state index in [1.165, 1.54) is 12.1 Å². The summed E-state index contributed by atoms with van der Waals surface area (Å²) in [5, 5.41) is 0.659. The fraction of sp³-hybridized carbons (Fsp3) is 0. The van der Waals surface area contributed by atoms with Crippen molar-refractivity contribution in [2.24, 2.45) is 0 Å². The van der Waals surface area contributed by atoms with Crippen molar-refractivity contribution in [3.05, 3.63) is 32.6 Å². The van der Waals surface area contributed by atoms with Crippen LogP contribution in [0.4, 0.5) is 11.4 Å². The van der Waals surface area contributed by atoms with Gasteiger partial charge in [-0.3, -0.25) is 9.59 Å². The summed E-state index contributed by atoms with van der Waals surface area (Å²) in [5.41, 5.74) is 10.5. The normalized spacial score (nSPS) is 11.0. The van der Waals surface area contributed by atoms with Crippen LogP contribution >= 0.6 is 0 Å². The van der Waals surface area contributed by atoms with Gasteiger partial charge in [0.25, 0.3) is 0 Å². The first kappa shape index (κ1) is 6.84. The first-order valence-corrected chi connectivity index (χ1v) is 3.40. The molecule has 4 heteroatoms. The van der Waals surface area contributed by atoms with Gasteiger partial charge in [0, 0.05) is 5.39 Å². The highest BCUT2D eigenvalue weighted by molar-refractivity contribution is 6.01. The van der Waals surface area contributed by atoms with Crippen molar-refractivity contribution in [3.8, 4) is 0 Å². The van der Waals surface area contributed by atoms with Gasteiger partial charge in [0.05, 0.1) is 16.8 Å². The minimum Gasteiger partial charge on any atom is -0.397 e. The lowest BCUT2D eigenvalue weighted by molar-refractivity contribution is 1.53. The first-order chi connectivity index (χ1) is 5.63. The molecule has 12 heavy (non-hydrogen) atoms. The molecular weight excluding hydrogens is 156 g/mol. The highest BCUT2D eigenvalue weighted by Gasteiger charge is 2.15. The maximum Gasteiger partial charge on any atom is 0.236 e. The third kappa shape index (κ3) is 0.567. The molecule has 0 fully saturated rings. The van der Waals surface area contributed by atoms with E-state index in [0.29, 0.717) is 11.1 Å². The molecule has 0 amide bonds. The van der Waals surface area contributed by atoms with E-state index in [0.717, 1.165) is 0 Å². The molecule has 0 aliphatic carbocycles. The predicted molar refractivity (Wildman–Crippen MR) is 47.7 cm³/mol. The fourth-order valence-corrected chi connectivity index (χ4v) is 1.24. The Kier molecular flexibility index (Phi) is 1.05. The van der Waals surface area contributed by atoms with Crippen molar-refractivity contribution in [1.82, 2.24) is 0 Å². The van der Waals surface area contributed by atoms with Crippen LogP contribution < -0.4 is 22.3 Å². The van der Waals surface area contributed by atoms with Crippen molar-refractivity contribution in [3.63, 3.8) is 0 Å². The SMILES string of the molecule is Nc1ccc2c(=O)c(=O)c2c1N. The summed E-state index contributed by atoms with van der Waals surface area (Å²) in [6.07, 6.45) is 0. The van der Waals surface area contributed by atoms with E-state index in [1.54, 1.807) is 0 Å². The van der Waals surface area contributed by atoms with Crippen molar-refractivity contribution in [2.45, 2.75) is 0 Å². The first-order valence-electron chi connectivity index (χ1n) is 3.40. The molecule has 0 aliphatic heterocycles. The molecule has 0 saturated carbocycles. The van der Waals surface area contributed by atoms with E-state index in [-0.39, 0.29) is 11.1 Å². The summed E-state index contributed by atoms with van der Waals surface area (Å²) in [7, 11) is 0. The van der Waals surface area contributed by atoms with E-state index in [4.69, 9.17) is 11.5 Å². The number of fused-ring (bicyclic) bond motifs is 1. The molecule has 0 radical (unpaired) electrons. The fourth-order valence-electron chi connectivity index (χ4n) is 1.24. The molecule has 0 heterocycles. The lowest BCUT2D eigenvalue weighted by Crippen LogP contribution is -2.31. The highest BCUT2D eigenvalue weighted by Crippen LogP contribution is 2.22. The highest BCUT2D eigenvalue weighted by atomic mass is 16.2. The zero-order chi connectivity index (χ0) is 8.88. The van der Waals surface area contributed by atoms with Gasteiger partial charge in [-0.2, -0.15) is 0 Å². The van der Waals surface area contributed by atoms with Gasteiger partial charge in [0.1, 0.15) is 0 Å². The molecule has 0 atom stereocenters. The molecule has 2 aromatic carbocycles. The lowest BCUT2D eigenvalue weighted by atomic mass is 10.0. The third-order valence-electron chi connectivity index (χ3n) is 1.96. The molecule has 2 aromatic rings. The molecule has 0 bridgehead atoms. The summed E-state index contributed by atoms with van der Waals surface area (Å²) < 4.78 is 0. The van der Waals surface area contributed by atoms with E-state index in [9.17, 15) is 9.59 Å². The van der Waals surface area contributed by atoms with Gasteiger partial charge in [-0.1, -0.05) is 0 Å². The van der Waals surface area contributed by atoms with Gasteiger partial charge in [-0.15, -0.1) is 0 Å². The van der Waals surface area contributed by atoms with Crippen molar-refractivity contribution in [1.29, 1.82) is 0 Å². The molecular formula is C8H6N2O2. The van der Waals surface area contributed by atoms with Crippen LogP contribution in [-0.4, -0.2) is 0 Å². The minimum absolute atomic E-state index is 0.220. The summed E-state index contributed by atoms with van der Waals surface area (Å²) in [6.45, 7) is 0. The molecule has 60 valence electrons. The number of anilines is 2. The predicted octanol–water partition coefficient (Wildman–Crippen LogP) is -0.400. The Morgan fingerprint density at radius 1 is 1.00 bits per heavy atom. The topological polar surface area (TPSA) is 86.2 Å². The van der Waals surface area contributed by atoms with Crippen molar-refractivity contribution < 1.29 is 0 Å². The molecule has 4 nitrogen and oxygen atoms in total. The van der Waals surface area contributed by atoms with Gasteiger partial charge in [0.15, 0.2) is 0 Å². The van der Waals surface area contributed by atoms with Gasteiger partial charge in [-0.05, 0) is 12.1 Å². The largest absolute Gasteiger partial charge is 0.397 e. The summed E-state index contributed by atoms with van der Waals surface area (Å²) >= 11 is 0. The maximum atomic E-state index is 10.9. The zero-order valence-electron chi connectivity index (χ0n) is 6.13. The van der Waals surface area contributed by atoms with Gasteiger partial charge >= 0.3 is 0 Å². The molecule has 0 spiro atoms. The second-order valence-electron chi connectivity index (χ2n) is 2.65. The third-order valence-corrected chi connectivity index (χ3v) is 1.96. The number of rotatable bonds is 0. The Bertz CT molecular complexity index is 535. The van der Waals surface area contributed by atoms with Gasteiger partial charge < -0.3 is 11.5 Å². The maximum absolute atomic E-state index is 10.9. The molecule has 0 saturated heterocycles. The number of nitrogen functional groups attached to an aromatic ring is 2. The summed E-state index contributed by atoms with van der Waals surface area (Å²) in [6, 6.07) is 3.04. The zero-order valence-corrected chi connectivity index (χ0v) is 6.13. The minimum atomic E-state index is -0.533. The molecule has 4 N–H and O–H groups in total. The van der Waals surface area contributed by atoms with Gasteiger partial charge in [0.2, 0.25) is 10.9 Å². The number of hydrogen-bond donors (Lipinski definition) is 2. The van der Waals surface area contributed by atoms with Crippen LogP contribution in [0.25, 0.3) is 10.8 Å². The monoisotopic (exact) mass is 162 g/mol. The van der Waals surface area contributed by atoms with Crippen molar-refractivity contribution >= 4 is 22.1 Å². The van der Waals surface area contributed by atoms with E-state index >= 15 is 0 Å². The quantitative estimate of drug-likeness (QED) is 0.407. The van der Waals surface area contributed by atoms with Crippen LogP contribution in [0.15, 0.2) is 21.7 Å². The van der Waals surface area contributed by atoms with Crippen LogP contribution in [0.1, 0.15) is 0 Å². The van der Waals surface area contributed by atoms with Crippen LogP contribution in [0.3, 0.4) is 0 Å². The Morgan fingerprint density at radius 2 is 1.67 bits per heavy atom. The Labute approximate surface area is 67.1 Å². The van der Waals surface area contributed by atoms with E-state index in [2.05, 4.69) is 0 Å². The number of benzene rings is 1. The number of hydrogen-bond acceptors (Lipinski definition) is 4. The van der Waals surface area contributed by atoms with Crippen LogP contribution in [0.5, 0.6) is 0 Å². The summed E-state index contributed by atoms with van der Waals surface area (Å²) in [4.78, 5) is 21.8. The van der Waals surface area contributed by atoms with E-state index in [1.807, 2.05) is 0 Å².